The normalized spacial score (nSPS) is 20.7. The first-order valence-corrected chi connectivity index (χ1v) is 6.48. The van der Waals surface area contributed by atoms with Gasteiger partial charge in [0.05, 0.1) is 0 Å². The van der Waals surface area contributed by atoms with Gasteiger partial charge in [0, 0.05) is 17.0 Å². The van der Waals surface area contributed by atoms with Crippen LogP contribution in [0.25, 0.3) is 0 Å². The van der Waals surface area contributed by atoms with E-state index in [-0.39, 0.29) is 0 Å². The lowest BCUT2D eigenvalue weighted by atomic mass is 10.1. The first-order chi connectivity index (χ1) is 6.81. The second-order valence-corrected chi connectivity index (χ2v) is 5.24. The van der Waals surface area contributed by atoms with Crippen LogP contribution in [0.1, 0.15) is 44.0 Å². The summed E-state index contributed by atoms with van der Waals surface area (Å²) >= 11 is 1.85. The van der Waals surface area contributed by atoms with Crippen molar-refractivity contribution in [1.29, 1.82) is 0 Å². The van der Waals surface area contributed by atoms with Crippen molar-refractivity contribution >= 4 is 11.3 Å². The maximum atomic E-state index is 3.74. The fourth-order valence-corrected chi connectivity index (χ4v) is 2.77. The molecule has 14 heavy (non-hydrogen) atoms. The van der Waals surface area contributed by atoms with E-state index >= 15 is 0 Å². The number of rotatable bonds is 5. The molecule has 1 aromatic heterocycles. The molecule has 0 saturated heterocycles. The minimum atomic E-state index is 0.528. The van der Waals surface area contributed by atoms with Gasteiger partial charge in [-0.1, -0.05) is 13.0 Å². The predicted molar refractivity (Wildman–Crippen MR) is 62.7 cm³/mol. The maximum Gasteiger partial charge on any atom is 0.0388 e. The standard InChI is InChI=1S/C12H19NS/c1-3-11(10-6-7-10)13-9(2)12-5-4-8-14-12/h4-5,8-11,13H,3,6-7H2,1-2H3/t9-,11?/m0/s1. The average Bonchev–Trinajstić information content (AvgIpc) is 2.88. The van der Waals surface area contributed by atoms with Gasteiger partial charge in [0.1, 0.15) is 0 Å². The van der Waals surface area contributed by atoms with E-state index in [0.29, 0.717) is 6.04 Å². The molecule has 0 aliphatic heterocycles. The van der Waals surface area contributed by atoms with Crippen LogP contribution in [0.3, 0.4) is 0 Å². The number of thiophene rings is 1. The van der Waals surface area contributed by atoms with Crippen LogP contribution in [0.5, 0.6) is 0 Å². The Labute approximate surface area is 90.5 Å². The summed E-state index contributed by atoms with van der Waals surface area (Å²) in [6.07, 6.45) is 4.13. The first-order valence-electron chi connectivity index (χ1n) is 5.60. The Balaban J connectivity index is 1.89. The van der Waals surface area contributed by atoms with Gasteiger partial charge >= 0.3 is 0 Å². The molecule has 1 heterocycles. The van der Waals surface area contributed by atoms with E-state index in [2.05, 4.69) is 36.7 Å². The molecule has 1 nitrogen and oxygen atoms in total. The largest absolute Gasteiger partial charge is 0.306 e. The summed E-state index contributed by atoms with van der Waals surface area (Å²) in [5.41, 5.74) is 0. The zero-order chi connectivity index (χ0) is 9.97. The third-order valence-corrected chi connectivity index (χ3v) is 4.12. The summed E-state index contributed by atoms with van der Waals surface area (Å²) in [6.45, 7) is 4.56. The molecule has 1 N–H and O–H groups in total. The van der Waals surface area contributed by atoms with E-state index in [1.54, 1.807) is 0 Å². The van der Waals surface area contributed by atoms with E-state index in [1.807, 2.05) is 11.3 Å². The van der Waals surface area contributed by atoms with E-state index in [4.69, 9.17) is 0 Å². The molecule has 0 amide bonds. The van der Waals surface area contributed by atoms with Crippen molar-refractivity contribution in [3.8, 4) is 0 Å². The van der Waals surface area contributed by atoms with Gasteiger partial charge in [0.25, 0.3) is 0 Å². The topological polar surface area (TPSA) is 12.0 Å². The SMILES string of the molecule is CCC(N[C@@H](C)c1cccs1)C1CC1. The zero-order valence-corrected chi connectivity index (χ0v) is 9.81. The van der Waals surface area contributed by atoms with E-state index < -0.39 is 0 Å². The van der Waals surface area contributed by atoms with E-state index in [0.717, 1.165) is 12.0 Å². The molecule has 1 aliphatic carbocycles. The summed E-state index contributed by atoms with van der Waals surface area (Å²) in [7, 11) is 0. The molecule has 0 bridgehead atoms. The van der Waals surface area contributed by atoms with Gasteiger partial charge < -0.3 is 5.32 Å². The fourth-order valence-electron chi connectivity index (χ4n) is 2.03. The number of nitrogens with one attached hydrogen (secondary N) is 1. The quantitative estimate of drug-likeness (QED) is 0.781. The van der Waals surface area contributed by atoms with Crippen LogP contribution in [-0.4, -0.2) is 6.04 Å². The molecule has 0 spiro atoms. The summed E-state index contributed by atoms with van der Waals surface area (Å²) < 4.78 is 0. The van der Waals surface area contributed by atoms with Gasteiger partial charge in [-0.3, -0.25) is 0 Å². The Morgan fingerprint density at radius 3 is 2.86 bits per heavy atom. The third kappa shape index (κ3) is 2.37. The fraction of sp³-hybridized carbons (Fsp3) is 0.667. The lowest BCUT2D eigenvalue weighted by Gasteiger charge is -2.21. The number of hydrogen-bond acceptors (Lipinski definition) is 2. The predicted octanol–water partition coefficient (Wildman–Crippen LogP) is 3.59. The molecule has 1 aliphatic rings. The van der Waals surface area contributed by atoms with Crippen molar-refractivity contribution < 1.29 is 0 Å². The lowest BCUT2D eigenvalue weighted by Crippen LogP contribution is -2.32. The second-order valence-electron chi connectivity index (χ2n) is 4.26. The minimum Gasteiger partial charge on any atom is -0.306 e. The molecular formula is C12H19NS. The molecule has 2 rings (SSSR count). The van der Waals surface area contributed by atoms with Crippen LogP contribution >= 0.6 is 11.3 Å². The smallest absolute Gasteiger partial charge is 0.0388 e. The van der Waals surface area contributed by atoms with E-state index in [9.17, 15) is 0 Å². The summed E-state index contributed by atoms with van der Waals surface area (Å²) in [5, 5.41) is 5.90. The van der Waals surface area contributed by atoms with Crippen molar-refractivity contribution in [1.82, 2.24) is 5.32 Å². The van der Waals surface area contributed by atoms with Crippen molar-refractivity contribution in [2.24, 2.45) is 5.92 Å². The molecule has 1 unspecified atom stereocenters. The van der Waals surface area contributed by atoms with Crippen LogP contribution in [0.2, 0.25) is 0 Å². The molecular weight excluding hydrogens is 190 g/mol. The highest BCUT2D eigenvalue weighted by atomic mass is 32.1. The maximum absolute atomic E-state index is 3.74. The second kappa shape index (κ2) is 4.45. The Kier molecular flexibility index (Phi) is 3.24. The van der Waals surface area contributed by atoms with Crippen LogP contribution in [0.15, 0.2) is 17.5 Å². The van der Waals surface area contributed by atoms with Crippen molar-refractivity contribution in [2.45, 2.75) is 45.2 Å². The van der Waals surface area contributed by atoms with Gasteiger partial charge in [-0.25, -0.2) is 0 Å². The Bertz CT molecular complexity index is 264. The zero-order valence-electron chi connectivity index (χ0n) is 8.99. The summed E-state index contributed by atoms with van der Waals surface area (Å²) in [5.74, 6) is 0.961. The van der Waals surface area contributed by atoms with Crippen LogP contribution < -0.4 is 5.32 Å². The molecule has 0 aromatic carbocycles. The van der Waals surface area contributed by atoms with Crippen LogP contribution in [0, 0.1) is 5.92 Å². The molecule has 1 aromatic rings. The molecule has 1 saturated carbocycles. The van der Waals surface area contributed by atoms with Crippen LogP contribution in [0.4, 0.5) is 0 Å². The molecule has 0 radical (unpaired) electrons. The van der Waals surface area contributed by atoms with Gasteiger partial charge in [0.15, 0.2) is 0 Å². The summed E-state index contributed by atoms with van der Waals surface area (Å²) in [6, 6.07) is 5.63. The van der Waals surface area contributed by atoms with Gasteiger partial charge in [-0.15, -0.1) is 11.3 Å². The third-order valence-electron chi connectivity index (χ3n) is 3.06. The number of hydrogen-bond donors (Lipinski definition) is 1. The Morgan fingerprint density at radius 2 is 2.36 bits per heavy atom. The highest BCUT2D eigenvalue weighted by molar-refractivity contribution is 7.10. The summed E-state index contributed by atoms with van der Waals surface area (Å²) in [4.78, 5) is 1.46. The van der Waals surface area contributed by atoms with E-state index in [1.165, 1.54) is 24.1 Å². The average molecular weight is 209 g/mol. The minimum absolute atomic E-state index is 0.528. The Hall–Kier alpha value is -0.340. The molecule has 78 valence electrons. The highest BCUT2D eigenvalue weighted by Crippen LogP contribution is 2.35. The lowest BCUT2D eigenvalue weighted by molar-refractivity contribution is 0.408. The Morgan fingerprint density at radius 1 is 1.57 bits per heavy atom. The van der Waals surface area contributed by atoms with Gasteiger partial charge in [-0.2, -0.15) is 0 Å². The molecule has 1 fully saturated rings. The first kappa shape index (κ1) is 10.2. The van der Waals surface area contributed by atoms with Crippen LogP contribution in [-0.2, 0) is 0 Å². The molecule has 2 atom stereocenters. The highest BCUT2D eigenvalue weighted by Gasteiger charge is 2.30. The van der Waals surface area contributed by atoms with Gasteiger partial charge in [0.2, 0.25) is 0 Å². The monoisotopic (exact) mass is 209 g/mol. The molecule has 2 heteroatoms. The van der Waals surface area contributed by atoms with Crippen molar-refractivity contribution in [3.63, 3.8) is 0 Å². The van der Waals surface area contributed by atoms with Gasteiger partial charge in [-0.05, 0) is 43.6 Å². The van der Waals surface area contributed by atoms with Crippen molar-refractivity contribution in [3.05, 3.63) is 22.4 Å². The van der Waals surface area contributed by atoms with Crippen molar-refractivity contribution in [2.75, 3.05) is 0 Å².